The first-order chi connectivity index (χ1) is 13.7. The monoisotopic (exact) mass is 393 g/mol. The maximum Gasteiger partial charge on any atom is 0.287 e. The molecule has 0 aliphatic carbocycles. The van der Waals surface area contributed by atoms with Crippen LogP contribution in [0.5, 0.6) is 0 Å². The molecule has 0 bridgehead atoms. The molecule has 0 saturated carbocycles. The van der Waals surface area contributed by atoms with E-state index in [1.807, 2.05) is 30.3 Å². The van der Waals surface area contributed by atoms with E-state index >= 15 is 0 Å². The molecule has 0 unspecified atom stereocenters. The largest absolute Gasteiger partial charge is 0.369 e. The van der Waals surface area contributed by atoms with E-state index in [1.54, 1.807) is 6.20 Å². The summed E-state index contributed by atoms with van der Waals surface area (Å²) in [5.74, 6) is 0.670. The topological polar surface area (TPSA) is 38.1 Å². The molecule has 1 fully saturated rings. The summed E-state index contributed by atoms with van der Waals surface area (Å²) < 4.78 is 1.43. The Hall–Kier alpha value is -2.59. The summed E-state index contributed by atoms with van der Waals surface area (Å²) >= 11 is 6.45. The summed E-state index contributed by atoms with van der Waals surface area (Å²) in [7, 11) is 0. The van der Waals surface area contributed by atoms with Crippen LogP contribution in [-0.4, -0.2) is 22.9 Å². The Morgan fingerprint density at radius 1 is 0.929 bits per heavy atom. The van der Waals surface area contributed by atoms with Crippen LogP contribution in [0.3, 0.4) is 0 Å². The van der Waals surface area contributed by atoms with Crippen LogP contribution < -0.4 is 10.5 Å². The van der Waals surface area contributed by atoms with Gasteiger partial charge in [0.15, 0.2) is 0 Å². The van der Waals surface area contributed by atoms with Crippen LogP contribution in [-0.2, 0) is 13.0 Å². The first kappa shape index (κ1) is 18.8. The fourth-order valence-corrected chi connectivity index (χ4v) is 4.14. The van der Waals surface area contributed by atoms with Crippen LogP contribution in [0.1, 0.15) is 24.0 Å². The molecular formula is C23H24ClN3O. The summed E-state index contributed by atoms with van der Waals surface area (Å²) in [6.07, 6.45) is 5.04. The Balaban J connectivity index is 1.42. The van der Waals surface area contributed by atoms with Crippen molar-refractivity contribution in [1.82, 2.24) is 9.78 Å². The molecule has 1 saturated heterocycles. The zero-order valence-corrected chi connectivity index (χ0v) is 16.6. The lowest BCUT2D eigenvalue weighted by Gasteiger charge is -2.33. The highest BCUT2D eigenvalue weighted by Crippen LogP contribution is 2.28. The molecule has 0 N–H and O–H groups in total. The fraction of sp³-hybridized carbons (Fsp3) is 0.304. The third-order valence-electron chi connectivity index (χ3n) is 5.46. The predicted molar refractivity (Wildman–Crippen MR) is 114 cm³/mol. The van der Waals surface area contributed by atoms with Crippen molar-refractivity contribution in [2.24, 2.45) is 5.92 Å². The van der Waals surface area contributed by atoms with E-state index in [0.717, 1.165) is 43.6 Å². The van der Waals surface area contributed by atoms with Gasteiger partial charge in [0, 0.05) is 13.1 Å². The van der Waals surface area contributed by atoms with Gasteiger partial charge in [-0.15, -0.1) is 0 Å². The van der Waals surface area contributed by atoms with E-state index in [2.05, 4.69) is 40.3 Å². The van der Waals surface area contributed by atoms with E-state index in [1.165, 1.54) is 10.2 Å². The highest BCUT2D eigenvalue weighted by Gasteiger charge is 2.23. The molecule has 1 aliphatic rings. The quantitative estimate of drug-likeness (QED) is 0.644. The van der Waals surface area contributed by atoms with Crippen molar-refractivity contribution in [1.29, 1.82) is 0 Å². The average Bonchev–Trinajstić information content (AvgIpc) is 2.74. The molecule has 4 rings (SSSR count). The summed E-state index contributed by atoms with van der Waals surface area (Å²) in [6.45, 7) is 2.24. The number of hydrogen-bond donors (Lipinski definition) is 0. The van der Waals surface area contributed by atoms with Gasteiger partial charge in [-0.3, -0.25) is 4.79 Å². The number of halogens is 1. The van der Waals surface area contributed by atoms with Crippen LogP contribution in [0.25, 0.3) is 0 Å². The molecule has 1 aromatic heterocycles. The third kappa shape index (κ3) is 4.28. The van der Waals surface area contributed by atoms with Gasteiger partial charge >= 0.3 is 0 Å². The first-order valence-corrected chi connectivity index (χ1v) is 10.2. The standard InChI is InChI=1S/C23H24ClN3O/c24-22-21(16-25-27(23(22)28)17-20-9-5-2-6-10-20)26-13-11-19(12-14-26)15-18-7-3-1-4-8-18/h1-10,16,19H,11-15,17H2. The summed E-state index contributed by atoms with van der Waals surface area (Å²) in [4.78, 5) is 14.9. The number of rotatable bonds is 5. The molecule has 0 radical (unpaired) electrons. The Kier molecular flexibility index (Phi) is 5.77. The summed E-state index contributed by atoms with van der Waals surface area (Å²) in [5, 5.41) is 4.65. The van der Waals surface area contributed by atoms with E-state index < -0.39 is 0 Å². The number of piperidine rings is 1. The van der Waals surface area contributed by atoms with E-state index in [-0.39, 0.29) is 10.6 Å². The molecule has 144 valence electrons. The van der Waals surface area contributed by atoms with Crippen LogP contribution in [0.4, 0.5) is 5.69 Å². The molecule has 0 spiro atoms. The minimum absolute atomic E-state index is 0.227. The Morgan fingerprint density at radius 3 is 2.18 bits per heavy atom. The van der Waals surface area contributed by atoms with Crippen LogP contribution in [0, 0.1) is 5.92 Å². The fourth-order valence-electron chi connectivity index (χ4n) is 3.87. The van der Waals surface area contributed by atoms with Crippen molar-refractivity contribution < 1.29 is 0 Å². The van der Waals surface area contributed by atoms with Gasteiger partial charge in [-0.1, -0.05) is 72.3 Å². The second-order valence-electron chi connectivity index (χ2n) is 7.41. The lowest BCUT2D eigenvalue weighted by molar-refractivity contribution is 0.403. The van der Waals surface area contributed by atoms with E-state index in [4.69, 9.17) is 11.6 Å². The van der Waals surface area contributed by atoms with Crippen molar-refractivity contribution in [3.05, 3.63) is 93.4 Å². The van der Waals surface area contributed by atoms with Crippen LogP contribution in [0.2, 0.25) is 5.02 Å². The predicted octanol–water partition coefficient (Wildman–Crippen LogP) is 4.40. The van der Waals surface area contributed by atoms with Gasteiger partial charge in [0.05, 0.1) is 18.4 Å². The Bertz CT molecular complexity index is 964. The number of hydrogen-bond acceptors (Lipinski definition) is 3. The van der Waals surface area contributed by atoms with Gasteiger partial charge in [0.1, 0.15) is 5.02 Å². The SMILES string of the molecule is O=c1c(Cl)c(N2CCC(Cc3ccccc3)CC2)cnn1Cc1ccccc1. The molecule has 0 atom stereocenters. The van der Waals surface area contributed by atoms with Gasteiger partial charge in [-0.25, -0.2) is 4.68 Å². The van der Waals surface area contributed by atoms with Gasteiger partial charge in [0.2, 0.25) is 0 Å². The molecule has 4 nitrogen and oxygen atoms in total. The Morgan fingerprint density at radius 2 is 1.54 bits per heavy atom. The van der Waals surface area contributed by atoms with Crippen molar-refractivity contribution in [2.75, 3.05) is 18.0 Å². The Labute approximate surface area is 170 Å². The van der Waals surface area contributed by atoms with Crippen molar-refractivity contribution in [2.45, 2.75) is 25.8 Å². The summed E-state index contributed by atoms with van der Waals surface area (Å²) in [5.41, 5.74) is 2.95. The zero-order chi connectivity index (χ0) is 19.3. The number of anilines is 1. The lowest BCUT2D eigenvalue weighted by Crippen LogP contribution is -2.36. The first-order valence-electron chi connectivity index (χ1n) is 9.79. The molecule has 3 aromatic rings. The molecular weight excluding hydrogens is 370 g/mol. The lowest BCUT2D eigenvalue weighted by atomic mass is 9.90. The molecule has 0 amide bonds. The highest BCUT2D eigenvalue weighted by atomic mass is 35.5. The number of benzene rings is 2. The third-order valence-corrected chi connectivity index (χ3v) is 5.82. The van der Waals surface area contributed by atoms with Gasteiger partial charge in [-0.2, -0.15) is 5.10 Å². The highest BCUT2D eigenvalue weighted by molar-refractivity contribution is 6.33. The molecule has 5 heteroatoms. The van der Waals surface area contributed by atoms with E-state index in [0.29, 0.717) is 12.5 Å². The maximum absolute atomic E-state index is 12.7. The van der Waals surface area contributed by atoms with Crippen molar-refractivity contribution in [3.8, 4) is 0 Å². The van der Waals surface area contributed by atoms with Gasteiger partial charge in [0.25, 0.3) is 5.56 Å². The van der Waals surface area contributed by atoms with Crippen molar-refractivity contribution in [3.63, 3.8) is 0 Å². The second kappa shape index (κ2) is 8.61. The van der Waals surface area contributed by atoms with E-state index in [9.17, 15) is 4.79 Å². The summed E-state index contributed by atoms with van der Waals surface area (Å²) in [6, 6.07) is 20.5. The average molecular weight is 394 g/mol. The minimum Gasteiger partial charge on any atom is -0.369 e. The van der Waals surface area contributed by atoms with Gasteiger partial charge in [-0.05, 0) is 36.3 Å². The molecule has 2 heterocycles. The number of nitrogens with zero attached hydrogens (tertiary/aromatic N) is 3. The second-order valence-corrected chi connectivity index (χ2v) is 7.79. The van der Waals surface area contributed by atoms with Crippen LogP contribution >= 0.6 is 11.6 Å². The zero-order valence-electron chi connectivity index (χ0n) is 15.8. The minimum atomic E-state index is -0.227. The molecule has 28 heavy (non-hydrogen) atoms. The van der Waals surface area contributed by atoms with Gasteiger partial charge < -0.3 is 4.90 Å². The molecule has 2 aromatic carbocycles. The number of aromatic nitrogens is 2. The smallest absolute Gasteiger partial charge is 0.287 e. The van der Waals surface area contributed by atoms with Crippen LogP contribution in [0.15, 0.2) is 71.7 Å². The normalized spacial score (nSPS) is 15.0. The maximum atomic E-state index is 12.7. The van der Waals surface area contributed by atoms with Crippen molar-refractivity contribution >= 4 is 17.3 Å². The molecule has 1 aliphatic heterocycles.